The van der Waals surface area contributed by atoms with Crippen LogP contribution in [-0.2, 0) is 22.6 Å². The maximum Gasteiger partial charge on any atom is 0.252 e. The van der Waals surface area contributed by atoms with Gasteiger partial charge in [0.1, 0.15) is 11.9 Å². The minimum absolute atomic E-state index is 0.134. The molecule has 4 aromatic carbocycles. The summed E-state index contributed by atoms with van der Waals surface area (Å²) in [5, 5.41) is 3.12. The van der Waals surface area contributed by atoms with Crippen molar-refractivity contribution < 1.29 is 13.2 Å². The molecule has 36 heavy (non-hydrogen) atoms. The molecule has 0 bridgehead atoms. The van der Waals surface area contributed by atoms with Crippen LogP contribution in [0, 0.1) is 0 Å². The van der Waals surface area contributed by atoms with Crippen LogP contribution in [0.4, 0.5) is 0 Å². The zero-order valence-electron chi connectivity index (χ0n) is 19.7. The lowest BCUT2D eigenvalue weighted by Crippen LogP contribution is -2.31. The zero-order valence-corrected chi connectivity index (χ0v) is 20.5. The first-order chi connectivity index (χ1) is 17.4. The third-order valence-corrected chi connectivity index (χ3v) is 7.87. The lowest BCUT2D eigenvalue weighted by Gasteiger charge is -2.19. The summed E-state index contributed by atoms with van der Waals surface area (Å²) in [6.45, 7) is 0. The molecule has 1 aromatic heterocycles. The van der Waals surface area contributed by atoms with Gasteiger partial charge in [0.2, 0.25) is 0 Å². The summed E-state index contributed by atoms with van der Waals surface area (Å²) in [6.07, 6.45) is 0. The van der Waals surface area contributed by atoms with Crippen molar-refractivity contribution in [2.24, 2.45) is 7.05 Å². The first-order valence-corrected chi connectivity index (χ1v) is 13.2. The van der Waals surface area contributed by atoms with E-state index in [0.29, 0.717) is 11.1 Å². The van der Waals surface area contributed by atoms with Crippen LogP contribution in [-0.4, -0.2) is 23.9 Å². The minimum Gasteiger partial charge on any atom is -0.338 e. The summed E-state index contributed by atoms with van der Waals surface area (Å²) in [5.74, 6) is 0.320. The predicted octanol–water partition coefficient (Wildman–Crippen LogP) is 5.07. The molecule has 5 rings (SSSR count). The quantitative estimate of drug-likeness (QED) is 0.342. The number of aromatic nitrogens is 2. The molecule has 5 aromatic rings. The molecule has 7 heteroatoms. The van der Waals surface area contributed by atoms with Crippen molar-refractivity contribution in [1.82, 2.24) is 14.9 Å². The molecule has 0 saturated carbocycles. The summed E-state index contributed by atoms with van der Waals surface area (Å²) in [7, 11) is -1.53. The van der Waals surface area contributed by atoms with E-state index >= 15 is 0 Å². The van der Waals surface area contributed by atoms with Crippen LogP contribution in [0.25, 0.3) is 11.0 Å². The van der Waals surface area contributed by atoms with Crippen LogP contribution in [0.15, 0.2) is 114 Å². The highest BCUT2D eigenvalue weighted by Gasteiger charge is 2.23. The Morgan fingerprint density at radius 3 is 2.11 bits per heavy atom. The number of benzene rings is 4. The third kappa shape index (κ3) is 4.78. The standard InChI is InChI=1S/C29H25N3O3S/c1-32-26-15-9-8-14-25(26)30-28(32)27(22-10-4-2-5-11-22)31-29(33)23-18-16-21(17-19-23)20-36(34,35)24-12-6-3-7-13-24/h2-19,27H,20H2,1H3,(H,31,33). The molecular weight excluding hydrogens is 470 g/mol. The van der Waals surface area contributed by atoms with Crippen molar-refractivity contribution in [3.8, 4) is 0 Å². The minimum atomic E-state index is -3.47. The van der Waals surface area contributed by atoms with Gasteiger partial charge in [0.25, 0.3) is 5.91 Å². The summed E-state index contributed by atoms with van der Waals surface area (Å²) in [4.78, 5) is 18.4. The first kappa shape index (κ1) is 23.5. The number of sulfone groups is 1. The van der Waals surface area contributed by atoms with Crippen molar-refractivity contribution >= 4 is 26.8 Å². The largest absolute Gasteiger partial charge is 0.338 e. The molecule has 180 valence electrons. The maximum atomic E-state index is 13.3. The van der Waals surface area contributed by atoms with Crippen LogP contribution >= 0.6 is 0 Å². The number of rotatable bonds is 7. The van der Waals surface area contributed by atoms with Crippen LogP contribution in [0.2, 0.25) is 0 Å². The Labute approximate surface area is 210 Å². The summed E-state index contributed by atoms with van der Waals surface area (Å²) in [5.41, 5.74) is 3.80. The molecule has 0 radical (unpaired) electrons. The molecule has 0 fully saturated rings. The van der Waals surface area contributed by atoms with Gasteiger partial charge in [0, 0.05) is 12.6 Å². The Bertz CT molecular complexity index is 1610. The van der Waals surface area contributed by atoms with Crippen molar-refractivity contribution in [2.75, 3.05) is 0 Å². The Hall–Kier alpha value is -4.23. The van der Waals surface area contributed by atoms with E-state index in [9.17, 15) is 13.2 Å². The van der Waals surface area contributed by atoms with Crippen LogP contribution in [0.1, 0.15) is 33.4 Å². The van der Waals surface area contributed by atoms with Crippen molar-refractivity contribution in [3.05, 3.63) is 132 Å². The molecule has 6 nitrogen and oxygen atoms in total. The van der Waals surface area contributed by atoms with Gasteiger partial charge in [-0.15, -0.1) is 0 Å². The Morgan fingerprint density at radius 1 is 0.833 bits per heavy atom. The average molecular weight is 496 g/mol. The number of carbonyl (C=O) groups is 1. The van der Waals surface area contributed by atoms with Crippen LogP contribution in [0.5, 0.6) is 0 Å². The molecule has 1 unspecified atom stereocenters. The second-order valence-corrected chi connectivity index (χ2v) is 10.6. The summed E-state index contributed by atoms with van der Waals surface area (Å²) in [6, 6.07) is 32.1. The van der Waals surface area contributed by atoms with E-state index in [2.05, 4.69) is 5.32 Å². The van der Waals surface area contributed by atoms with E-state index in [0.717, 1.165) is 22.4 Å². The van der Waals surface area contributed by atoms with Crippen molar-refractivity contribution in [1.29, 1.82) is 0 Å². The predicted molar refractivity (Wildman–Crippen MR) is 140 cm³/mol. The van der Waals surface area contributed by atoms with Gasteiger partial charge in [0.15, 0.2) is 9.84 Å². The summed E-state index contributed by atoms with van der Waals surface area (Å²) < 4.78 is 27.4. The smallest absolute Gasteiger partial charge is 0.252 e. The highest BCUT2D eigenvalue weighted by Crippen LogP contribution is 2.25. The number of nitrogens with one attached hydrogen (secondary N) is 1. The van der Waals surface area contributed by atoms with Crippen LogP contribution < -0.4 is 5.32 Å². The Morgan fingerprint density at radius 2 is 1.44 bits per heavy atom. The fourth-order valence-corrected chi connectivity index (χ4v) is 5.63. The molecule has 1 heterocycles. The van der Waals surface area contributed by atoms with E-state index in [-0.39, 0.29) is 16.6 Å². The fraction of sp³-hybridized carbons (Fsp3) is 0.103. The number of hydrogen-bond donors (Lipinski definition) is 1. The van der Waals surface area contributed by atoms with E-state index < -0.39 is 15.9 Å². The molecule has 1 N–H and O–H groups in total. The third-order valence-electron chi connectivity index (χ3n) is 6.16. The SMILES string of the molecule is Cn1c(C(NC(=O)c2ccc(CS(=O)(=O)c3ccccc3)cc2)c2ccccc2)nc2ccccc21. The number of para-hydroxylation sites is 2. The van der Waals surface area contributed by atoms with Gasteiger partial charge in [-0.2, -0.15) is 0 Å². The second-order valence-electron chi connectivity index (χ2n) is 8.60. The summed E-state index contributed by atoms with van der Waals surface area (Å²) >= 11 is 0. The molecule has 1 atom stereocenters. The van der Waals surface area contributed by atoms with Crippen LogP contribution in [0.3, 0.4) is 0 Å². The lowest BCUT2D eigenvalue weighted by atomic mass is 10.0. The zero-order chi connectivity index (χ0) is 25.1. The first-order valence-electron chi connectivity index (χ1n) is 11.6. The highest BCUT2D eigenvalue weighted by molar-refractivity contribution is 7.90. The molecular formula is C29H25N3O3S. The number of fused-ring (bicyclic) bond motifs is 1. The highest BCUT2D eigenvalue weighted by atomic mass is 32.2. The second kappa shape index (κ2) is 9.79. The Balaban J connectivity index is 1.40. The number of carbonyl (C=O) groups excluding carboxylic acids is 1. The van der Waals surface area contributed by atoms with E-state index in [1.165, 1.54) is 0 Å². The normalized spacial score (nSPS) is 12.4. The number of hydrogen-bond acceptors (Lipinski definition) is 4. The van der Waals surface area contributed by atoms with Gasteiger partial charge < -0.3 is 9.88 Å². The Kier molecular flexibility index (Phi) is 6.40. The molecule has 0 spiro atoms. The fourth-order valence-electron chi connectivity index (χ4n) is 4.26. The molecule has 0 aliphatic heterocycles. The topological polar surface area (TPSA) is 81.1 Å². The van der Waals surface area contributed by atoms with E-state index in [1.807, 2.05) is 66.2 Å². The lowest BCUT2D eigenvalue weighted by molar-refractivity contribution is 0.0941. The van der Waals surface area contributed by atoms with Crippen molar-refractivity contribution in [3.63, 3.8) is 0 Å². The average Bonchev–Trinajstić information content (AvgIpc) is 3.24. The van der Waals surface area contributed by atoms with E-state index in [1.54, 1.807) is 54.6 Å². The number of imidazole rings is 1. The van der Waals surface area contributed by atoms with Crippen molar-refractivity contribution in [2.45, 2.75) is 16.7 Å². The van der Waals surface area contributed by atoms with Gasteiger partial charge in [0.05, 0.1) is 21.7 Å². The van der Waals surface area contributed by atoms with Gasteiger partial charge in [-0.25, -0.2) is 13.4 Å². The van der Waals surface area contributed by atoms with Gasteiger partial charge in [-0.3, -0.25) is 4.79 Å². The number of nitrogens with zero attached hydrogens (tertiary/aromatic N) is 2. The number of aryl methyl sites for hydroxylation is 1. The molecule has 0 saturated heterocycles. The molecule has 0 aliphatic rings. The number of amides is 1. The van der Waals surface area contributed by atoms with Gasteiger partial charge in [-0.05, 0) is 47.5 Å². The molecule has 1 amide bonds. The molecule has 0 aliphatic carbocycles. The van der Waals surface area contributed by atoms with E-state index in [4.69, 9.17) is 4.98 Å². The van der Waals surface area contributed by atoms with Gasteiger partial charge >= 0.3 is 0 Å². The van der Waals surface area contributed by atoms with Gasteiger partial charge in [-0.1, -0.05) is 72.8 Å². The monoisotopic (exact) mass is 495 g/mol. The maximum absolute atomic E-state index is 13.3.